The summed E-state index contributed by atoms with van der Waals surface area (Å²) in [5.41, 5.74) is 1.40. The number of sulfonamides is 1. The van der Waals surface area contributed by atoms with Crippen LogP contribution in [-0.2, 0) is 21.2 Å². The molecule has 0 saturated carbocycles. The second-order valence-corrected chi connectivity index (χ2v) is 11.6. The van der Waals surface area contributed by atoms with Crippen molar-refractivity contribution in [1.82, 2.24) is 14.1 Å². The number of aliphatic hydroxyl groups is 1. The van der Waals surface area contributed by atoms with Gasteiger partial charge < -0.3 is 19.5 Å². The van der Waals surface area contributed by atoms with E-state index in [-0.39, 0.29) is 36.2 Å². The molecule has 2 atom stereocenters. The summed E-state index contributed by atoms with van der Waals surface area (Å²) in [6.07, 6.45) is 1.93. The molecular formula is C26H33N3O6S. The van der Waals surface area contributed by atoms with Crippen molar-refractivity contribution >= 4 is 15.9 Å². The van der Waals surface area contributed by atoms with Crippen LogP contribution in [0.5, 0.6) is 11.5 Å². The molecule has 3 aliphatic rings. The topological polar surface area (TPSA) is 99.6 Å². The number of carbonyl (C=O) groups excluding carboxylic acids is 1. The Morgan fingerprint density at radius 2 is 1.81 bits per heavy atom. The Labute approximate surface area is 212 Å². The molecule has 0 aromatic heterocycles. The fourth-order valence-corrected chi connectivity index (χ4v) is 6.96. The number of likely N-dealkylation sites (N-methyl/N-ethyl adjacent to an activating group) is 1. The van der Waals surface area contributed by atoms with Crippen LogP contribution in [0.4, 0.5) is 0 Å². The van der Waals surface area contributed by atoms with E-state index in [4.69, 9.17) is 9.47 Å². The second kappa shape index (κ2) is 10.4. The Morgan fingerprint density at radius 3 is 2.47 bits per heavy atom. The number of hydrogen-bond donors (Lipinski definition) is 1. The molecule has 0 radical (unpaired) electrons. The van der Waals surface area contributed by atoms with Crippen LogP contribution in [0.1, 0.15) is 36.4 Å². The number of β-amino-alcohol motifs (C(OH)–C–C–N with tert-alkyl or cyclic N) is 1. The second-order valence-electron chi connectivity index (χ2n) is 9.73. The molecule has 10 heteroatoms. The highest BCUT2D eigenvalue weighted by Crippen LogP contribution is 2.38. The first-order valence-electron chi connectivity index (χ1n) is 12.5. The third-order valence-corrected chi connectivity index (χ3v) is 9.28. The van der Waals surface area contributed by atoms with Crippen molar-refractivity contribution in [2.45, 2.75) is 42.7 Å². The smallest absolute Gasteiger partial charge is 0.243 e. The fraction of sp³-hybridized carbons (Fsp3) is 0.500. The number of benzene rings is 2. The van der Waals surface area contributed by atoms with Crippen LogP contribution in [0.15, 0.2) is 47.4 Å². The minimum absolute atomic E-state index is 0.0214. The zero-order valence-electron chi connectivity index (χ0n) is 20.5. The molecular weight excluding hydrogens is 482 g/mol. The summed E-state index contributed by atoms with van der Waals surface area (Å²) in [6, 6.07) is 12.7. The van der Waals surface area contributed by atoms with Crippen molar-refractivity contribution in [3.05, 3.63) is 53.6 Å². The molecule has 5 rings (SSSR count). The largest absolute Gasteiger partial charge is 0.454 e. The maximum absolute atomic E-state index is 13.6. The van der Waals surface area contributed by atoms with Gasteiger partial charge in [-0.2, -0.15) is 4.31 Å². The molecule has 36 heavy (non-hydrogen) atoms. The molecule has 1 amide bonds. The van der Waals surface area contributed by atoms with Gasteiger partial charge in [-0.1, -0.05) is 30.3 Å². The number of carbonyl (C=O) groups is 1. The van der Waals surface area contributed by atoms with Crippen molar-refractivity contribution < 1.29 is 27.8 Å². The number of ether oxygens (including phenoxy) is 2. The average molecular weight is 516 g/mol. The van der Waals surface area contributed by atoms with Crippen molar-refractivity contribution in [3.63, 3.8) is 0 Å². The first-order valence-corrected chi connectivity index (χ1v) is 13.9. The third kappa shape index (κ3) is 5.08. The molecule has 9 nitrogen and oxygen atoms in total. The van der Waals surface area contributed by atoms with Crippen LogP contribution in [-0.4, -0.2) is 86.2 Å². The van der Waals surface area contributed by atoms with Gasteiger partial charge in [0, 0.05) is 45.8 Å². The van der Waals surface area contributed by atoms with Gasteiger partial charge >= 0.3 is 0 Å². The summed E-state index contributed by atoms with van der Waals surface area (Å²) in [5.74, 6) is 0.638. The SMILES string of the molecule is CN(C(=O)Cc1cc2c(cc1S(=O)(=O)N1CCCC1)OCO2)[C@H](CN1CCC(O)C1)c1ccccc1. The first-order chi connectivity index (χ1) is 17.3. The number of hydrogen-bond acceptors (Lipinski definition) is 7. The maximum atomic E-state index is 13.6. The van der Waals surface area contributed by atoms with Gasteiger partial charge in [-0.05, 0) is 36.5 Å². The molecule has 194 valence electrons. The Kier molecular flexibility index (Phi) is 7.21. The third-order valence-electron chi connectivity index (χ3n) is 7.30. The summed E-state index contributed by atoms with van der Waals surface area (Å²) in [6.45, 7) is 2.90. The van der Waals surface area contributed by atoms with Gasteiger partial charge in [-0.3, -0.25) is 9.69 Å². The number of aliphatic hydroxyl groups excluding tert-OH is 1. The van der Waals surface area contributed by atoms with Crippen molar-refractivity contribution in [1.29, 1.82) is 0 Å². The highest BCUT2D eigenvalue weighted by atomic mass is 32.2. The molecule has 2 aromatic carbocycles. The van der Waals surface area contributed by atoms with E-state index in [0.717, 1.165) is 24.9 Å². The van der Waals surface area contributed by atoms with Crippen LogP contribution < -0.4 is 9.47 Å². The lowest BCUT2D eigenvalue weighted by Gasteiger charge is -2.32. The summed E-state index contributed by atoms with van der Waals surface area (Å²) in [7, 11) is -2.01. The normalized spacial score (nSPS) is 21.1. The fourth-order valence-electron chi connectivity index (χ4n) is 5.22. The molecule has 3 aliphatic heterocycles. The molecule has 2 saturated heterocycles. The van der Waals surface area contributed by atoms with Gasteiger partial charge in [0.1, 0.15) is 0 Å². The van der Waals surface area contributed by atoms with Crippen LogP contribution in [0.25, 0.3) is 0 Å². The standard InChI is InChI=1S/C26H33N3O6S/c1-27(22(19-7-3-2-4-8-19)17-28-12-9-21(30)16-28)26(31)14-20-13-23-24(35-18-34-23)15-25(20)36(32,33)29-10-5-6-11-29/h2-4,7-8,13,15,21-22,30H,5-6,9-12,14,16-18H2,1H3/t21?,22-/m1/s1. The molecule has 0 spiro atoms. The number of fused-ring (bicyclic) bond motifs is 1. The minimum Gasteiger partial charge on any atom is -0.454 e. The van der Waals surface area contributed by atoms with Crippen molar-refractivity contribution in [2.24, 2.45) is 0 Å². The number of nitrogens with zero attached hydrogens (tertiary/aromatic N) is 3. The van der Waals surface area contributed by atoms with E-state index >= 15 is 0 Å². The van der Waals surface area contributed by atoms with E-state index in [1.165, 1.54) is 10.4 Å². The van der Waals surface area contributed by atoms with Gasteiger partial charge in [0.15, 0.2) is 11.5 Å². The van der Waals surface area contributed by atoms with Gasteiger partial charge in [-0.25, -0.2) is 8.42 Å². The molecule has 0 aliphatic carbocycles. The maximum Gasteiger partial charge on any atom is 0.243 e. The molecule has 2 aromatic rings. The first kappa shape index (κ1) is 25.0. The van der Waals surface area contributed by atoms with Gasteiger partial charge in [0.25, 0.3) is 0 Å². The Bertz CT molecular complexity index is 1200. The van der Waals surface area contributed by atoms with E-state index in [0.29, 0.717) is 49.7 Å². The Balaban J connectivity index is 1.43. The molecule has 1 N–H and O–H groups in total. The van der Waals surface area contributed by atoms with E-state index in [2.05, 4.69) is 4.90 Å². The number of likely N-dealkylation sites (tertiary alicyclic amines) is 1. The van der Waals surface area contributed by atoms with Crippen LogP contribution in [0.2, 0.25) is 0 Å². The van der Waals surface area contributed by atoms with E-state index in [1.54, 1.807) is 18.0 Å². The summed E-state index contributed by atoms with van der Waals surface area (Å²) in [4.78, 5) is 17.6. The molecule has 3 heterocycles. The van der Waals surface area contributed by atoms with E-state index in [9.17, 15) is 18.3 Å². The van der Waals surface area contributed by atoms with Crippen LogP contribution >= 0.6 is 0 Å². The molecule has 0 bridgehead atoms. The highest BCUT2D eigenvalue weighted by molar-refractivity contribution is 7.89. The zero-order chi connectivity index (χ0) is 25.3. The zero-order valence-corrected chi connectivity index (χ0v) is 21.3. The quantitative estimate of drug-likeness (QED) is 0.574. The predicted molar refractivity (Wildman–Crippen MR) is 133 cm³/mol. The Hall–Kier alpha value is -2.66. The van der Waals surface area contributed by atoms with E-state index < -0.39 is 10.0 Å². The predicted octanol–water partition coefficient (Wildman–Crippen LogP) is 2.01. The van der Waals surface area contributed by atoms with Crippen LogP contribution in [0, 0.1) is 0 Å². The van der Waals surface area contributed by atoms with Crippen molar-refractivity contribution in [2.75, 3.05) is 46.6 Å². The van der Waals surface area contributed by atoms with Gasteiger partial charge in [-0.15, -0.1) is 0 Å². The lowest BCUT2D eigenvalue weighted by molar-refractivity contribution is -0.131. The summed E-state index contributed by atoms with van der Waals surface area (Å²) in [5, 5.41) is 9.99. The molecule has 2 fully saturated rings. The summed E-state index contributed by atoms with van der Waals surface area (Å²) < 4.78 is 39.4. The lowest BCUT2D eigenvalue weighted by Crippen LogP contribution is -2.39. The average Bonchev–Trinajstić information content (AvgIpc) is 3.64. The summed E-state index contributed by atoms with van der Waals surface area (Å²) >= 11 is 0. The molecule has 1 unspecified atom stereocenters. The monoisotopic (exact) mass is 515 g/mol. The highest BCUT2D eigenvalue weighted by Gasteiger charge is 2.34. The van der Waals surface area contributed by atoms with Gasteiger partial charge in [0.2, 0.25) is 22.7 Å². The Morgan fingerprint density at radius 1 is 1.11 bits per heavy atom. The van der Waals surface area contributed by atoms with Crippen molar-refractivity contribution in [3.8, 4) is 11.5 Å². The number of rotatable bonds is 8. The minimum atomic E-state index is -3.77. The van der Waals surface area contributed by atoms with E-state index in [1.807, 2.05) is 30.3 Å². The number of amides is 1. The lowest BCUT2D eigenvalue weighted by atomic mass is 10.0. The van der Waals surface area contributed by atoms with Crippen LogP contribution in [0.3, 0.4) is 0 Å². The van der Waals surface area contributed by atoms with Gasteiger partial charge in [0.05, 0.1) is 23.5 Å².